The molecule has 0 bridgehead atoms. The first-order chi connectivity index (χ1) is 12.4. The van der Waals surface area contributed by atoms with Crippen LogP contribution in [0.4, 0.5) is 0 Å². The summed E-state index contributed by atoms with van der Waals surface area (Å²) in [6, 6.07) is 21.6. The fourth-order valence-corrected chi connectivity index (χ4v) is 2.59. The number of H-pyrrole nitrogens is 1. The molecule has 0 amide bonds. The van der Waals surface area contributed by atoms with Crippen molar-refractivity contribution in [3.8, 4) is 0 Å². The molecule has 0 unspecified atom stereocenters. The van der Waals surface area contributed by atoms with E-state index in [9.17, 15) is 0 Å². The van der Waals surface area contributed by atoms with Gasteiger partial charge in [-0.1, -0.05) is 42.5 Å². The highest BCUT2D eigenvalue weighted by Crippen LogP contribution is 2.13. The molecule has 4 aromatic rings. The lowest BCUT2D eigenvalue weighted by molar-refractivity contribution is 0.560. The van der Waals surface area contributed by atoms with Gasteiger partial charge >= 0.3 is 0 Å². The first kappa shape index (κ1) is 15.1. The standard InChI is InChI=1S/C20H16N4O/c1-2-7-15(8-3-1)19(24-21-14-16-9-6-12-25-16)13-20-22-17-10-4-5-11-18(17)23-20/h1-12,14H,13H2,(H,22,23)/b21-14-,24-19+. The average molecular weight is 328 g/mol. The zero-order chi connectivity index (χ0) is 16.9. The van der Waals surface area contributed by atoms with Gasteiger partial charge in [0.1, 0.15) is 11.6 Å². The Morgan fingerprint density at radius 2 is 1.84 bits per heavy atom. The normalized spacial score (nSPS) is 12.2. The first-order valence-electron chi connectivity index (χ1n) is 8.01. The predicted molar refractivity (Wildman–Crippen MR) is 99.1 cm³/mol. The third-order valence-corrected chi connectivity index (χ3v) is 3.79. The Kier molecular flexibility index (Phi) is 4.20. The molecule has 0 radical (unpaired) electrons. The molecule has 2 aromatic heterocycles. The highest BCUT2D eigenvalue weighted by Gasteiger charge is 2.09. The van der Waals surface area contributed by atoms with Crippen LogP contribution >= 0.6 is 0 Å². The van der Waals surface area contributed by atoms with E-state index in [0.717, 1.165) is 28.1 Å². The molecule has 122 valence electrons. The number of nitrogens with zero attached hydrogens (tertiary/aromatic N) is 3. The molecule has 5 nitrogen and oxygen atoms in total. The van der Waals surface area contributed by atoms with Gasteiger partial charge < -0.3 is 9.40 Å². The van der Waals surface area contributed by atoms with Gasteiger partial charge in [0, 0.05) is 0 Å². The van der Waals surface area contributed by atoms with Crippen molar-refractivity contribution in [2.24, 2.45) is 10.2 Å². The lowest BCUT2D eigenvalue weighted by atomic mass is 10.1. The van der Waals surface area contributed by atoms with Crippen molar-refractivity contribution in [3.05, 3.63) is 90.1 Å². The van der Waals surface area contributed by atoms with Crippen LogP contribution in [0.5, 0.6) is 0 Å². The molecule has 2 aromatic carbocycles. The van der Waals surface area contributed by atoms with Crippen molar-refractivity contribution < 1.29 is 4.42 Å². The molecule has 0 saturated heterocycles. The van der Waals surface area contributed by atoms with Crippen LogP contribution in [0.1, 0.15) is 17.1 Å². The maximum absolute atomic E-state index is 5.24. The van der Waals surface area contributed by atoms with Crippen molar-refractivity contribution in [1.29, 1.82) is 0 Å². The molecule has 5 heteroatoms. The summed E-state index contributed by atoms with van der Waals surface area (Å²) in [4.78, 5) is 7.97. The maximum atomic E-state index is 5.24. The van der Waals surface area contributed by atoms with Crippen LogP contribution in [0.15, 0.2) is 87.6 Å². The number of nitrogens with one attached hydrogen (secondary N) is 1. The van der Waals surface area contributed by atoms with Gasteiger partial charge in [0.25, 0.3) is 0 Å². The van der Waals surface area contributed by atoms with Crippen LogP contribution in [0.3, 0.4) is 0 Å². The molecular formula is C20H16N4O. The van der Waals surface area contributed by atoms with Gasteiger partial charge in [0.05, 0.1) is 35.6 Å². The summed E-state index contributed by atoms with van der Waals surface area (Å²) in [7, 11) is 0. The van der Waals surface area contributed by atoms with E-state index in [0.29, 0.717) is 12.2 Å². The highest BCUT2D eigenvalue weighted by molar-refractivity contribution is 6.02. The van der Waals surface area contributed by atoms with E-state index in [1.807, 2.05) is 66.7 Å². The number of para-hydroxylation sites is 2. The fraction of sp³-hybridized carbons (Fsp3) is 0.0500. The number of fused-ring (bicyclic) bond motifs is 1. The number of aromatic amines is 1. The molecule has 0 atom stereocenters. The Morgan fingerprint density at radius 1 is 1.00 bits per heavy atom. The van der Waals surface area contributed by atoms with Crippen LogP contribution in [0.2, 0.25) is 0 Å². The third-order valence-electron chi connectivity index (χ3n) is 3.79. The van der Waals surface area contributed by atoms with E-state index in [2.05, 4.69) is 20.2 Å². The van der Waals surface area contributed by atoms with Gasteiger partial charge in [0.2, 0.25) is 0 Å². The second kappa shape index (κ2) is 6.97. The maximum Gasteiger partial charge on any atom is 0.146 e. The lowest BCUT2D eigenvalue weighted by Crippen LogP contribution is -2.06. The van der Waals surface area contributed by atoms with Crippen molar-refractivity contribution in [2.45, 2.75) is 6.42 Å². The van der Waals surface area contributed by atoms with E-state index < -0.39 is 0 Å². The number of rotatable bonds is 5. The number of hydrogen-bond acceptors (Lipinski definition) is 4. The van der Waals surface area contributed by atoms with Crippen LogP contribution < -0.4 is 0 Å². The Labute approximate surface area is 144 Å². The Bertz CT molecular complexity index is 981. The summed E-state index contributed by atoms with van der Waals surface area (Å²) < 4.78 is 5.24. The number of aromatic nitrogens is 2. The Balaban J connectivity index is 1.65. The van der Waals surface area contributed by atoms with E-state index in [1.165, 1.54) is 0 Å². The second-order valence-electron chi connectivity index (χ2n) is 5.55. The lowest BCUT2D eigenvalue weighted by Gasteiger charge is -2.03. The van der Waals surface area contributed by atoms with E-state index in [-0.39, 0.29) is 0 Å². The van der Waals surface area contributed by atoms with Crippen LogP contribution in [0, 0.1) is 0 Å². The summed E-state index contributed by atoms with van der Waals surface area (Å²) in [6.07, 6.45) is 3.77. The van der Waals surface area contributed by atoms with Crippen LogP contribution in [-0.4, -0.2) is 21.9 Å². The minimum atomic E-state index is 0.564. The number of hydrogen-bond donors (Lipinski definition) is 1. The number of furan rings is 1. The smallest absolute Gasteiger partial charge is 0.146 e. The molecule has 0 fully saturated rings. The van der Waals surface area contributed by atoms with Crippen molar-refractivity contribution in [1.82, 2.24) is 9.97 Å². The van der Waals surface area contributed by atoms with Crippen molar-refractivity contribution >= 4 is 23.0 Å². The molecule has 0 aliphatic heterocycles. The topological polar surface area (TPSA) is 66.5 Å². The van der Waals surface area contributed by atoms with Gasteiger partial charge in [-0.15, -0.1) is 0 Å². The average Bonchev–Trinajstić information content (AvgIpc) is 3.30. The number of benzene rings is 2. The minimum absolute atomic E-state index is 0.564. The quantitative estimate of drug-likeness (QED) is 0.440. The molecule has 0 saturated carbocycles. The molecule has 0 aliphatic rings. The van der Waals surface area contributed by atoms with Gasteiger partial charge in [-0.3, -0.25) is 0 Å². The van der Waals surface area contributed by atoms with Crippen molar-refractivity contribution in [2.75, 3.05) is 0 Å². The van der Waals surface area contributed by atoms with Gasteiger partial charge in [-0.25, -0.2) is 4.98 Å². The summed E-state index contributed by atoms with van der Waals surface area (Å²) in [5, 5.41) is 8.57. The highest BCUT2D eigenvalue weighted by atomic mass is 16.3. The Hall–Kier alpha value is -3.47. The molecule has 4 rings (SSSR count). The first-order valence-corrected chi connectivity index (χ1v) is 8.01. The molecule has 1 N–H and O–H groups in total. The summed E-state index contributed by atoms with van der Waals surface area (Å²) >= 11 is 0. The van der Waals surface area contributed by atoms with Crippen LogP contribution in [0.25, 0.3) is 11.0 Å². The molecule has 25 heavy (non-hydrogen) atoms. The van der Waals surface area contributed by atoms with Gasteiger partial charge in [-0.2, -0.15) is 10.2 Å². The zero-order valence-corrected chi connectivity index (χ0v) is 13.5. The minimum Gasteiger partial charge on any atom is -0.463 e. The fourth-order valence-electron chi connectivity index (χ4n) is 2.59. The molecular weight excluding hydrogens is 312 g/mol. The number of imidazole rings is 1. The second-order valence-corrected chi connectivity index (χ2v) is 5.55. The van der Waals surface area contributed by atoms with E-state index >= 15 is 0 Å². The van der Waals surface area contributed by atoms with E-state index in [4.69, 9.17) is 4.42 Å². The molecule has 0 aliphatic carbocycles. The largest absolute Gasteiger partial charge is 0.463 e. The van der Waals surface area contributed by atoms with Gasteiger partial charge in [-0.05, 0) is 29.8 Å². The zero-order valence-electron chi connectivity index (χ0n) is 13.5. The summed E-state index contributed by atoms with van der Waals surface area (Å²) in [6.45, 7) is 0. The predicted octanol–water partition coefficient (Wildman–Crippen LogP) is 4.22. The Morgan fingerprint density at radius 3 is 2.64 bits per heavy atom. The SMILES string of the molecule is C(=N/N=C(\Cc1nc2ccccc2[nH]1)c1ccccc1)/c1ccco1. The van der Waals surface area contributed by atoms with Crippen LogP contribution in [-0.2, 0) is 6.42 Å². The van der Waals surface area contributed by atoms with E-state index in [1.54, 1.807) is 12.5 Å². The molecule has 2 heterocycles. The van der Waals surface area contributed by atoms with Crippen molar-refractivity contribution in [3.63, 3.8) is 0 Å². The summed E-state index contributed by atoms with van der Waals surface area (Å²) in [5.41, 5.74) is 3.81. The van der Waals surface area contributed by atoms with Gasteiger partial charge in [0.15, 0.2) is 0 Å². The monoisotopic (exact) mass is 328 g/mol. The third kappa shape index (κ3) is 3.55. The summed E-state index contributed by atoms with van der Waals surface area (Å²) in [5.74, 6) is 1.52. The molecule has 0 spiro atoms.